The maximum Gasteiger partial charge on any atom is 0.128 e. The molecule has 0 atom stereocenters. The Hall–Kier alpha value is -2.46. The zero-order valence-electron chi connectivity index (χ0n) is 12.7. The zero-order chi connectivity index (χ0) is 16.4. The van der Waals surface area contributed by atoms with E-state index < -0.39 is 0 Å². The quantitative estimate of drug-likeness (QED) is 0.684. The molecule has 0 amide bonds. The molecule has 2 N–H and O–H groups in total. The van der Waals surface area contributed by atoms with Gasteiger partial charge in [-0.05, 0) is 36.2 Å². The maximum absolute atomic E-state index is 10.3. The van der Waals surface area contributed by atoms with E-state index in [1.54, 1.807) is 23.0 Å². The number of benzene rings is 2. The molecule has 2 aromatic carbocycles. The molecule has 5 heteroatoms. The van der Waals surface area contributed by atoms with Crippen LogP contribution >= 0.6 is 11.6 Å². The number of aryl methyl sites for hydroxylation is 1. The highest BCUT2D eigenvalue weighted by Gasteiger charge is 2.16. The second-order valence-corrected chi connectivity index (χ2v) is 5.73. The van der Waals surface area contributed by atoms with Crippen molar-refractivity contribution in [3.05, 3.63) is 59.2 Å². The first-order chi connectivity index (χ1) is 11.1. The molecule has 0 saturated carbocycles. The highest BCUT2D eigenvalue weighted by Crippen LogP contribution is 2.36. The van der Waals surface area contributed by atoms with Crippen molar-refractivity contribution in [2.75, 3.05) is 0 Å². The molecule has 0 saturated heterocycles. The minimum absolute atomic E-state index is 0. The number of nitrogens with zero attached hydrogens (tertiary/aromatic N) is 2. The molecule has 0 aliphatic carbocycles. The predicted octanol–water partition coefficient (Wildman–Crippen LogP) is 5.19. The minimum Gasteiger partial charge on any atom is -0.508 e. The van der Waals surface area contributed by atoms with Crippen LogP contribution in [0.4, 0.5) is 0 Å². The number of aromatic nitrogens is 2. The van der Waals surface area contributed by atoms with E-state index >= 15 is 0 Å². The second kappa shape index (κ2) is 7.41. The summed E-state index contributed by atoms with van der Waals surface area (Å²) in [7, 11) is 0. The van der Waals surface area contributed by atoms with Crippen LogP contribution in [0.3, 0.4) is 0 Å². The molecule has 24 heavy (non-hydrogen) atoms. The van der Waals surface area contributed by atoms with Gasteiger partial charge in [-0.15, -0.1) is 0 Å². The molecule has 1 heterocycles. The van der Waals surface area contributed by atoms with Crippen LogP contribution in [0.5, 0.6) is 11.5 Å². The molecule has 0 unspecified atom stereocenters. The first kappa shape index (κ1) is 17.9. The van der Waals surface area contributed by atoms with Gasteiger partial charge in [0.1, 0.15) is 11.5 Å². The van der Waals surface area contributed by atoms with E-state index in [2.05, 4.69) is 5.10 Å². The smallest absolute Gasteiger partial charge is 0.128 e. The zero-order valence-corrected chi connectivity index (χ0v) is 13.5. The number of para-hydroxylation sites is 1. The molecule has 126 valence electrons. The van der Waals surface area contributed by atoms with Gasteiger partial charge in [-0.3, -0.25) is 0 Å². The van der Waals surface area contributed by atoms with Gasteiger partial charge < -0.3 is 10.2 Å². The van der Waals surface area contributed by atoms with Gasteiger partial charge in [-0.2, -0.15) is 5.10 Å². The maximum atomic E-state index is 10.3. The summed E-state index contributed by atoms with van der Waals surface area (Å²) in [5.41, 5.74) is 2.86. The van der Waals surface area contributed by atoms with E-state index in [1.807, 2.05) is 31.2 Å². The normalized spacial score (nSPS) is 10.4. The standard InChI is InChI=1S/C18H17ClN2O2.CH4/c1-2-5-12-10-13(18(23)11-17(12)22)15-8-9-20-21(15)16-7-4-3-6-14(16)19;/h3-4,6-11,22-23H,2,5H2,1H3;1H4. The number of phenols is 2. The summed E-state index contributed by atoms with van der Waals surface area (Å²) in [5, 5.41) is 25.1. The number of rotatable bonds is 4. The summed E-state index contributed by atoms with van der Waals surface area (Å²) in [6.45, 7) is 2.04. The van der Waals surface area contributed by atoms with Crippen molar-refractivity contribution >= 4 is 11.6 Å². The van der Waals surface area contributed by atoms with Gasteiger partial charge in [-0.25, -0.2) is 4.68 Å². The lowest BCUT2D eigenvalue weighted by Gasteiger charge is -2.13. The fourth-order valence-corrected chi connectivity index (χ4v) is 2.84. The topological polar surface area (TPSA) is 58.3 Å². The Kier molecular flexibility index (Phi) is 5.52. The number of phenolic OH excluding ortho intramolecular Hbond substituents is 2. The van der Waals surface area contributed by atoms with Crippen LogP contribution in [-0.4, -0.2) is 20.0 Å². The largest absolute Gasteiger partial charge is 0.508 e. The lowest BCUT2D eigenvalue weighted by Crippen LogP contribution is -2.00. The summed E-state index contributed by atoms with van der Waals surface area (Å²) in [6, 6.07) is 12.4. The van der Waals surface area contributed by atoms with Gasteiger partial charge in [0.05, 0.1) is 22.6 Å². The summed E-state index contributed by atoms with van der Waals surface area (Å²) < 4.78 is 1.68. The van der Waals surface area contributed by atoms with E-state index in [0.29, 0.717) is 16.3 Å². The van der Waals surface area contributed by atoms with Crippen LogP contribution in [0.25, 0.3) is 16.9 Å². The minimum atomic E-state index is 0. The molecule has 0 spiro atoms. The van der Waals surface area contributed by atoms with Crippen LogP contribution < -0.4 is 0 Å². The number of hydrogen-bond acceptors (Lipinski definition) is 3. The van der Waals surface area contributed by atoms with Gasteiger partial charge in [0, 0.05) is 11.6 Å². The Morgan fingerprint density at radius 2 is 1.83 bits per heavy atom. The second-order valence-electron chi connectivity index (χ2n) is 5.33. The van der Waals surface area contributed by atoms with Crippen LogP contribution in [-0.2, 0) is 6.42 Å². The van der Waals surface area contributed by atoms with Gasteiger partial charge in [0.15, 0.2) is 0 Å². The first-order valence-corrected chi connectivity index (χ1v) is 7.83. The number of hydrogen-bond donors (Lipinski definition) is 2. The van der Waals surface area contributed by atoms with Crippen molar-refractivity contribution in [3.8, 4) is 28.4 Å². The number of aromatic hydroxyl groups is 2. The Morgan fingerprint density at radius 3 is 2.54 bits per heavy atom. The highest BCUT2D eigenvalue weighted by atomic mass is 35.5. The Balaban J connectivity index is 0.00000208. The SMILES string of the molecule is C.CCCc1cc(-c2ccnn2-c2ccccc2Cl)c(O)cc1O. The summed E-state index contributed by atoms with van der Waals surface area (Å²) in [5.74, 6) is 0.119. The van der Waals surface area contributed by atoms with E-state index in [4.69, 9.17) is 11.6 Å². The lowest BCUT2D eigenvalue weighted by atomic mass is 10.0. The van der Waals surface area contributed by atoms with Gasteiger partial charge in [-0.1, -0.05) is 44.5 Å². The fourth-order valence-electron chi connectivity index (χ4n) is 2.62. The third kappa shape index (κ3) is 3.24. The Bertz CT molecular complexity index is 843. The van der Waals surface area contributed by atoms with Crippen molar-refractivity contribution in [1.82, 2.24) is 9.78 Å². The van der Waals surface area contributed by atoms with Crippen LogP contribution in [0.15, 0.2) is 48.7 Å². The van der Waals surface area contributed by atoms with Crippen molar-refractivity contribution in [1.29, 1.82) is 0 Å². The number of halogens is 1. The monoisotopic (exact) mass is 344 g/mol. The molecular weight excluding hydrogens is 324 g/mol. The summed E-state index contributed by atoms with van der Waals surface area (Å²) in [6.07, 6.45) is 3.30. The Morgan fingerprint density at radius 1 is 1.08 bits per heavy atom. The Labute approximate surface area is 147 Å². The molecule has 1 aromatic heterocycles. The van der Waals surface area contributed by atoms with Gasteiger partial charge in [0.25, 0.3) is 0 Å². The van der Waals surface area contributed by atoms with Crippen molar-refractivity contribution in [3.63, 3.8) is 0 Å². The van der Waals surface area contributed by atoms with Gasteiger partial charge in [0.2, 0.25) is 0 Å². The van der Waals surface area contributed by atoms with Crippen LogP contribution in [0.1, 0.15) is 26.3 Å². The summed E-state index contributed by atoms with van der Waals surface area (Å²) >= 11 is 6.26. The van der Waals surface area contributed by atoms with Gasteiger partial charge >= 0.3 is 0 Å². The van der Waals surface area contributed by atoms with Crippen molar-refractivity contribution in [2.45, 2.75) is 27.2 Å². The van der Waals surface area contributed by atoms with E-state index in [1.165, 1.54) is 6.07 Å². The molecule has 4 nitrogen and oxygen atoms in total. The molecule has 0 radical (unpaired) electrons. The van der Waals surface area contributed by atoms with Crippen LogP contribution in [0, 0.1) is 0 Å². The van der Waals surface area contributed by atoms with E-state index in [0.717, 1.165) is 24.1 Å². The molecule has 3 aromatic rings. The molecule has 0 fully saturated rings. The lowest BCUT2D eigenvalue weighted by molar-refractivity contribution is 0.446. The molecule has 0 aliphatic rings. The van der Waals surface area contributed by atoms with Crippen molar-refractivity contribution in [2.24, 2.45) is 0 Å². The van der Waals surface area contributed by atoms with E-state index in [-0.39, 0.29) is 18.9 Å². The molecule has 0 aliphatic heterocycles. The highest BCUT2D eigenvalue weighted by molar-refractivity contribution is 6.32. The molecule has 0 bridgehead atoms. The van der Waals surface area contributed by atoms with E-state index in [9.17, 15) is 10.2 Å². The summed E-state index contributed by atoms with van der Waals surface area (Å²) in [4.78, 5) is 0. The average Bonchev–Trinajstić information content (AvgIpc) is 2.99. The van der Waals surface area contributed by atoms with Crippen molar-refractivity contribution < 1.29 is 10.2 Å². The first-order valence-electron chi connectivity index (χ1n) is 7.46. The third-order valence-electron chi connectivity index (χ3n) is 3.72. The van der Waals surface area contributed by atoms with Crippen LogP contribution in [0.2, 0.25) is 5.02 Å². The third-order valence-corrected chi connectivity index (χ3v) is 4.04. The average molecular weight is 345 g/mol. The molecular formula is C19H21ClN2O2. The predicted molar refractivity (Wildman–Crippen MR) is 98.1 cm³/mol. The molecule has 3 rings (SSSR count). The fraction of sp³-hybridized carbons (Fsp3) is 0.211.